The third kappa shape index (κ3) is 10.9. The molecule has 1 rings (SSSR count). The van der Waals surface area contributed by atoms with Gasteiger partial charge in [-0.1, -0.05) is 76.8 Å². The van der Waals surface area contributed by atoms with E-state index >= 15 is 0 Å². The zero-order chi connectivity index (χ0) is 17.5. The van der Waals surface area contributed by atoms with Crippen molar-refractivity contribution in [3.05, 3.63) is 35.9 Å². The van der Waals surface area contributed by atoms with E-state index in [1.807, 2.05) is 24.3 Å². The van der Waals surface area contributed by atoms with Crippen molar-refractivity contribution in [3.63, 3.8) is 0 Å². The highest BCUT2D eigenvalue weighted by molar-refractivity contribution is 5.85. The first kappa shape index (κ1) is 20.3. The van der Waals surface area contributed by atoms with Crippen molar-refractivity contribution >= 4 is 12.0 Å². The Kier molecular flexibility index (Phi) is 11.5. The smallest absolute Gasteiger partial charge is 0.328 e. The molecule has 0 unspecified atom stereocenters. The molecule has 0 bridgehead atoms. The molecule has 0 atom stereocenters. The molecule has 0 aliphatic heterocycles. The fraction of sp³-hybridized carbons (Fsp3) is 0.571. The molecule has 0 fully saturated rings. The molecule has 1 aromatic carbocycles. The van der Waals surface area contributed by atoms with E-state index in [0.29, 0.717) is 0 Å². The lowest BCUT2D eigenvalue weighted by Gasteiger charge is -2.06. The molecule has 0 heterocycles. The number of carboxylic acid groups (broad SMARTS) is 1. The van der Waals surface area contributed by atoms with Crippen LogP contribution >= 0.6 is 0 Å². The van der Waals surface area contributed by atoms with Crippen molar-refractivity contribution in [1.29, 1.82) is 0 Å². The van der Waals surface area contributed by atoms with Gasteiger partial charge in [-0.15, -0.1) is 0 Å². The number of unbranched alkanes of at least 4 members (excludes halogenated alkanes) is 9. The predicted molar refractivity (Wildman–Crippen MR) is 100 cm³/mol. The summed E-state index contributed by atoms with van der Waals surface area (Å²) < 4.78 is 5.72. The van der Waals surface area contributed by atoms with Crippen LogP contribution in [0, 0.1) is 0 Å². The number of rotatable bonds is 14. The summed E-state index contributed by atoms with van der Waals surface area (Å²) in [6, 6.07) is 7.51. The van der Waals surface area contributed by atoms with Gasteiger partial charge >= 0.3 is 5.97 Å². The van der Waals surface area contributed by atoms with Crippen molar-refractivity contribution in [1.82, 2.24) is 0 Å². The summed E-state index contributed by atoms with van der Waals surface area (Å²) in [7, 11) is 0. The van der Waals surface area contributed by atoms with Crippen LogP contribution in [-0.4, -0.2) is 17.7 Å². The number of ether oxygens (including phenoxy) is 1. The van der Waals surface area contributed by atoms with Crippen LogP contribution in [0.2, 0.25) is 0 Å². The molecular formula is C21H32O3. The third-order valence-corrected chi connectivity index (χ3v) is 4.07. The Bertz CT molecular complexity index is 462. The predicted octanol–water partition coefficient (Wildman–Crippen LogP) is 6.08. The van der Waals surface area contributed by atoms with E-state index < -0.39 is 5.97 Å². The molecule has 0 amide bonds. The van der Waals surface area contributed by atoms with E-state index in [0.717, 1.165) is 30.4 Å². The molecule has 0 spiro atoms. The Morgan fingerprint density at radius 2 is 1.46 bits per heavy atom. The first-order chi connectivity index (χ1) is 11.7. The summed E-state index contributed by atoms with van der Waals surface area (Å²) in [4.78, 5) is 10.5. The van der Waals surface area contributed by atoms with Gasteiger partial charge in [0.1, 0.15) is 5.75 Å². The zero-order valence-corrected chi connectivity index (χ0v) is 15.0. The van der Waals surface area contributed by atoms with Crippen molar-refractivity contribution in [2.45, 2.75) is 71.1 Å². The summed E-state index contributed by atoms with van der Waals surface area (Å²) in [5.74, 6) is -0.0883. The van der Waals surface area contributed by atoms with Crippen molar-refractivity contribution in [3.8, 4) is 5.75 Å². The molecule has 1 aromatic rings. The van der Waals surface area contributed by atoms with Crippen LogP contribution in [0.25, 0.3) is 6.08 Å². The van der Waals surface area contributed by atoms with Gasteiger partial charge in [-0.3, -0.25) is 0 Å². The minimum absolute atomic E-state index is 0.751. The van der Waals surface area contributed by atoms with E-state index in [9.17, 15) is 4.79 Å². The second kappa shape index (κ2) is 13.6. The van der Waals surface area contributed by atoms with E-state index in [1.54, 1.807) is 6.08 Å². The Balaban J connectivity index is 2.00. The molecule has 0 radical (unpaired) electrons. The van der Waals surface area contributed by atoms with E-state index in [2.05, 4.69) is 6.92 Å². The largest absolute Gasteiger partial charge is 0.494 e. The summed E-state index contributed by atoms with van der Waals surface area (Å²) in [6.07, 6.45) is 15.9. The van der Waals surface area contributed by atoms with E-state index in [4.69, 9.17) is 9.84 Å². The summed E-state index contributed by atoms with van der Waals surface area (Å²) in [5.41, 5.74) is 0.865. The van der Waals surface area contributed by atoms with Gasteiger partial charge in [0.25, 0.3) is 0 Å². The van der Waals surface area contributed by atoms with Crippen molar-refractivity contribution in [2.75, 3.05) is 6.61 Å². The van der Waals surface area contributed by atoms with Gasteiger partial charge in [0.15, 0.2) is 0 Å². The normalized spacial score (nSPS) is 11.0. The van der Waals surface area contributed by atoms with Crippen LogP contribution in [0.5, 0.6) is 5.75 Å². The van der Waals surface area contributed by atoms with Crippen LogP contribution in [0.1, 0.15) is 76.7 Å². The van der Waals surface area contributed by atoms with Crippen LogP contribution < -0.4 is 4.74 Å². The lowest BCUT2D eigenvalue weighted by Crippen LogP contribution is -1.97. The Morgan fingerprint density at radius 1 is 0.917 bits per heavy atom. The Labute approximate surface area is 146 Å². The fourth-order valence-electron chi connectivity index (χ4n) is 2.62. The number of hydrogen-bond donors (Lipinski definition) is 1. The third-order valence-electron chi connectivity index (χ3n) is 4.07. The molecule has 0 saturated carbocycles. The van der Waals surface area contributed by atoms with Gasteiger partial charge in [-0.25, -0.2) is 4.79 Å². The molecule has 24 heavy (non-hydrogen) atoms. The molecule has 0 aromatic heterocycles. The van der Waals surface area contributed by atoms with Gasteiger partial charge in [0, 0.05) is 6.08 Å². The second-order valence-electron chi connectivity index (χ2n) is 6.27. The number of carboxylic acids is 1. The van der Waals surface area contributed by atoms with E-state index in [1.165, 1.54) is 57.8 Å². The first-order valence-electron chi connectivity index (χ1n) is 9.36. The van der Waals surface area contributed by atoms with Gasteiger partial charge < -0.3 is 9.84 Å². The molecule has 3 nitrogen and oxygen atoms in total. The van der Waals surface area contributed by atoms with Crippen LogP contribution in [0.4, 0.5) is 0 Å². The highest BCUT2D eigenvalue weighted by atomic mass is 16.5. The highest BCUT2D eigenvalue weighted by Gasteiger charge is 1.96. The molecule has 1 N–H and O–H groups in total. The molecule has 0 aliphatic rings. The van der Waals surface area contributed by atoms with Crippen LogP contribution in [0.15, 0.2) is 30.3 Å². The first-order valence-corrected chi connectivity index (χ1v) is 9.36. The van der Waals surface area contributed by atoms with Crippen LogP contribution in [-0.2, 0) is 4.79 Å². The Morgan fingerprint density at radius 3 is 2.00 bits per heavy atom. The standard InChI is InChI=1S/C21H32O3/c1-2-3-4-5-6-7-8-9-10-11-18-24-20-15-12-19(13-16-20)14-17-21(22)23/h12-17H,2-11,18H2,1H3,(H,22,23)/b17-14+. The zero-order valence-electron chi connectivity index (χ0n) is 15.0. The van der Waals surface area contributed by atoms with Gasteiger partial charge in [-0.2, -0.15) is 0 Å². The number of hydrogen-bond acceptors (Lipinski definition) is 2. The lowest BCUT2D eigenvalue weighted by molar-refractivity contribution is -0.131. The van der Waals surface area contributed by atoms with E-state index in [-0.39, 0.29) is 0 Å². The van der Waals surface area contributed by atoms with Crippen molar-refractivity contribution < 1.29 is 14.6 Å². The SMILES string of the molecule is CCCCCCCCCCCCOc1ccc(/C=C/C(=O)O)cc1. The Hall–Kier alpha value is -1.77. The average Bonchev–Trinajstić information content (AvgIpc) is 2.59. The molecule has 3 heteroatoms. The van der Waals surface area contributed by atoms with Gasteiger partial charge in [0.2, 0.25) is 0 Å². The number of carbonyl (C=O) groups is 1. The van der Waals surface area contributed by atoms with Gasteiger partial charge in [-0.05, 0) is 30.2 Å². The topological polar surface area (TPSA) is 46.5 Å². The fourth-order valence-corrected chi connectivity index (χ4v) is 2.62. The lowest BCUT2D eigenvalue weighted by atomic mass is 10.1. The molecular weight excluding hydrogens is 300 g/mol. The summed E-state index contributed by atoms with van der Waals surface area (Å²) >= 11 is 0. The monoisotopic (exact) mass is 332 g/mol. The minimum atomic E-state index is -0.934. The highest BCUT2D eigenvalue weighted by Crippen LogP contribution is 2.14. The maximum Gasteiger partial charge on any atom is 0.328 e. The number of aliphatic carboxylic acids is 1. The summed E-state index contributed by atoms with van der Waals surface area (Å²) in [5, 5.41) is 8.59. The molecule has 134 valence electrons. The summed E-state index contributed by atoms with van der Waals surface area (Å²) in [6.45, 7) is 3.01. The average molecular weight is 332 g/mol. The molecule has 0 saturated heterocycles. The minimum Gasteiger partial charge on any atom is -0.494 e. The second-order valence-corrected chi connectivity index (χ2v) is 6.27. The quantitative estimate of drug-likeness (QED) is 0.331. The van der Waals surface area contributed by atoms with Gasteiger partial charge in [0.05, 0.1) is 6.61 Å². The van der Waals surface area contributed by atoms with Crippen LogP contribution in [0.3, 0.4) is 0 Å². The van der Waals surface area contributed by atoms with Crippen molar-refractivity contribution in [2.24, 2.45) is 0 Å². The maximum atomic E-state index is 10.5. The molecule has 0 aliphatic carbocycles. The number of benzene rings is 1. The maximum absolute atomic E-state index is 10.5.